The van der Waals surface area contributed by atoms with Crippen LogP contribution in [0.15, 0.2) is 54.0 Å². The summed E-state index contributed by atoms with van der Waals surface area (Å²) in [6.07, 6.45) is -1.86. The fraction of sp³-hybridized carbons (Fsp3) is 0.286. The van der Waals surface area contributed by atoms with Crippen molar-refractivity contribution < 1.29 is 22.8 Å². The van der Waals surface area contributed by atoms with E-state index in [1.165, 1.54) is 17.5 Å². The van der Waals surface area contributed by atoms with E-state index in [1.807, 2.05) is 5.38 Å². The number of thiophene rings is 1. The maximum Gasteiger partial charge on any atom is 0.435 e. The van der Waals surface area contributed by atoms with Crippen LogP contribution in [-0.4, -0.2) is 39.1 Å². The predicted octanol–water partition coefficient (Wildman–Crippen LogP) is 3.87. The van der Waals surface area contributed by atoms with Crippen molar-refractivity contribution >= 4 is 23.2 Å². The molecule has 3 aromatic rings. The third-order valence-electron chi connectivity index (χ3n) is 5.10. The van der Waals surface area contributed by atoms with Crippen molar-refractivity contribution in [2.45, 2.75) is 31.6 Å². The standard InChI is InChI=1S/C21H19F3N4O2S/c22-21(23,24)18-9-11-28(26-18)15-7-5-14(6-8-15)13-25-19(29)16-3-1-10-27(16)20(30)17-4-2-12-31-17/h2,4-9,11-12,16H,1,3,10,13H2,(H,25,29)/t16-/m0/s1. The zero-order chi connectivity index (χ0) is 22.0. The summed E-state index contributed by atoms with van der Waals surface area (Å²) in [6, 6.07) is 10.7. The van der Waals surface area contributed by atoms with Gasteiger partial charge in [0.25, 0.3) is 5.91 Å². The average Bonchev–Trinajstić information content (AvgIpc) is 3.52. The Morgan fingerprint density at radius 3 is 2.58 bits per heavy atom. The Balaban J connectivity index is 1.36. The number of alkyl halides is 3. The number of benzene rings is 1. The molecule has 1 fully saturated rings. The van der Waals surface area contributed by atoms with Crippen molar-refractivity contribution in [3.05, 3.63) is 70.2 Å². The van der Waals surface area contributed by atoms with Crippen LogP contribution in [0.1, 0.15) is 33.8 Å². The highest BCUT2D eigenvalue weighted by atomic mass is 32.1. The zero-order valence-electron chi connectivity index (χ0n) is 16.3. The van der Waals surface area contributed by atoms with E-state index in [9.17, 15) is 22.8 Å². The average molecular weight is 448 g/mol. The molecule has 1 aromatic carbocycles. The van der Waals surface area contributed by atoms with Crippen LogP contribution < -0.4 is 5.32 Å². The largest absolute Gasteiger partial charge is 0.435 e. The Bertz CT molecular complexity index is 1060. The van der Waals surface area contributed by atoms with Crippen molar-refractivity contribution in [3.63, 3.8) is 0 Å². The van der Waals surface area contributed by atoms with E-state index >= 15 is 0 Å². The Morgan fingerprint density at radius 1 is 1.16 bits per heavy atom. The minimum absolute atomic E-state index is 0.130. The van der Waals surface area contributed by atoms with Crippen LogP contribution in [-0.2, 0) is 17.5 Å². The molecule has 1 N–H and O–H groups in total. The van der Waals surface area contributed by atoms with Crippen molar-refractivity contribution in [1.29, 1.82) is 0 Å². The van der Waals surface area contributed by atoms with Gasteiger partial charge in [0.2, 0.25) is 5.91 Å². The van der Waals surface area contributed by atoms with Gasteiger partial charge >= 0.3 is 6.18 Å². The zero-order valence-corrected chi connectivity index (χ0v) is 17.1. The van der Waals surface area contributed by atoms with Crippen molar-refractivity contribution in [2.24, 2.45) is 0 Å². The molecular formula is C21H19F3N4O2S. The highest BCUT2D eigenvalue weighted by Gasteiger charge is 2.35. The van der Waals surface area contributed by atoms with E-state index in [0.717, 1.165) is 22.7 Å². The lowest BCUT2D eigenvalue weighted by Gasteiger charge is -2.23. The van der Waals surface area contributed by atoms with Crippen LogP contribution in [0.5, 0.6) is 0 Å². The fourth-order valence-corrected chi connectivity index (χ4v) is 4.20. The number of likely N-dealkylation sites (tertiary alicyclic amines) is 1. The summed E-state index contributed by atoms with van der Waals surface area (Å²) in [6.45, 7) is 0.802. The van der Waals surface area contributed by atoms with Gasteiger partial charge < -0.3 is 10.2 Å². The lowest BCUT2D eigenvalue weighted by molar-refractivity contribution is -0.141. The first-order valence-electron chi connectivity index (χ1n) is 9.67. The number of hydrogen-bond donors (Lipinski definition) is 1. The normalized spacial score (nSPS) is 16.5. The summed E-state index contributed by atoms with van der Waals surface area (Å²) >= 11 is 1.35. The molecule has 6 nitrogen and oxygen atoms in total. The molecule has 1 aliphatic heterocycles. The van der Waals surface area contributed by atoms with Gasteiger partial charge in [-0.3, -0.25) is 9.59 Å². The van der Waals surface area contributed by atoms with Gasteiger partial charge in [-0.1, -0.05) is 18.2 Å². The van der Waals surface area contributed by atoms with Gasteiger partial charge in [-0.25, -0.2) is 4.68 Å². The quantitative estimate of drug-likeness (QED) is 0.644. The van der Waals surface area contributed by atoms with Crippen molar-refractivity contribution in [1.82, 2.24) is 20.0 Å². The lowest BCUT2D eigenvalue weighted by atomic mass is 10.1. The second-order valence-corrected chi connectivity index (χ2v) is 8.11. The summed E-state index contributed by atoms with van der Waals surface area (Å²) in [5.74, 6) is -0.345. The summed E-state index contributed by atoms with van der Waals surface area (Å²) < 4.78 is 39.3. The number of rotatable bonds is 5. The number of nitrogens with one attached hydrogen (secondary N) is 1. The predicted molar refractivity (Wildman–Crippen MR) is 109 cm³/mol. The molecule has 0 aliphatic carbocycles. The summed E-state index contributed by atoms with van der Waals surface area (Å²) in [5, 5.41) is 8.22. The topological polar surface area (TPSA) is 67.2 Å². The van der Waals surface area contributed by atoms with Crippen LogP contribution in [0.4, 0.5) is 13.2 Å². The van der Waals surface area contributed by atoms with E-state index in [0.29, 0.717) is 23.5 Å². The Morgan fingerprint density at radius 2 is 1.94 bits per heavy atom. The Hall–Kier alpha value is -3.14. The number of aromatic nitrogens is 2. The van der Waals surface area contributed by atoms with Gasteiger partial charge in [0, 0.05) is 19.3 Å². The summed E-state index contributed by atoms with van der Waals surface area (Å²) in [4.78, 5) is 27.5. The molecule has 0 bridgehead atoms. The smallest absolute Gasteiger partial charge is 0.350 e. The monoisotopic (exact) mass is 448 g/mol. The summed E-state index contributed by atoms with van der Waals surface area (Å²) in [5.41, 5.74) is 0.311. The SMILES string of the molecule is O=C(NCc1ccc(-n2ccc(C(F)(F)F)n2)cc1)[C@@H]1CCCN1C(=O)c1cccs1. The van der Waals surface area contributed by atoms with Crippen LogP contribution in [0.25, 0.3) is 5.69 Å². The van der Waals surface area contributed by atoms with Crippen LogP contribution >= 0.6 is 11.3 Å². The van der Waals surface area contributed by atoms with E-state index in [1.54, 1.807) is 41.3 Å². The van der Waals surface area contributed by atoms with E-state index in [2.05, 4.69) is 10.4 Å². The minimum Gasteiger partial charge on any atom is -0.350 e. The Labute approximate surface area is 180 Å². The molecule has 4 rings (SSSR count). The molecule has 1 atom stereocenters. The second-order valence-electron chi connectivity index (χ2n) is 7.16. The van der Waals surface area contributed by atoms with Crippen LogP contribution in [0, 0.1) is 0 Å². The number of carbonyl (C=O) groups excluding carboxylic acids is 2. The molecule has 0 unspecified atom stereocenters. The molecule has 3 heterocycles. The van der Waals surface area contributed by atoms with Gasteiger partial charge in [0.05, 0.1) is 10.6 Å². The first-order chi connectivity index (χ1) is 14.8. The van der Waals surface area contributed by atoms with Gasteiger partial charge in [0.15, 0.2) is 5.69 Å². The molecule has 2 amide bonds. The van der Waals surface area contributed by atoms with Crippen LogP contribution in [0.2, 0.25) is 0 Å². The molecule has 162 valence electrons. The highest BCUT2D eigenvalue weighted by Crippen LogP contribution is 2.28. The van der Waals surface area contributed by atoms with Gasteiger partial charge in [-0.2, -0.15) is 18.3 Å². The molecule has 1 saturated heterocycles. The molecule has 31 heavy (non-hydrogen) atoms. The van der Waals surface area contributed by atoms with E-state index in [-0.39, 0.29) is 18.4 Å². The van der Waals surface area contributed by atoms with Crippen LogP contribution in [0.3, 0.4) is 0 Å². The molecule has 0 spiro atoms. The molecule has 10 heteroatoms. The number of halogens is 3. The van der Waals surface area contributed by atoms with Gasteiger partial charge in [-0.05, 0) is 48.1 Å². The maximum atomic E-state index is 12.7. The summed E-state index contributed by atoms with van der Waals surface area (Å²) in [7, 11) is 0. The first kappa shape index (κ1) is 21.1. The second kappa shape index (κ2) is 8.54. The van der Waals surface area contributed by atoms with Gasteiger partial charge in [0.1, 0.15) is 6.04 Å². The number of nitrogens with zero attached hydrogens (tertiary/aromatic N) is 3. The Kier molecular flexibility index (Phi) is 5.81. The molecule has 0 saturated carbocycles. The molecular weight excluding hydrogens is 429 g/mol. The first-order valence-corrected chi connectivity index (χ1v) is 10.6. The molecule has 1 aliphatic rings. The fourth-order valence-electron chi connectivity index (χ4n) is 3.52. The number of hydrogen-bond acceptors (Lipinski definition) is 4. The third-order valence-corrected chi connectivity index (χ3v) is 5.95. The number of amides is 2. The van der Waals surface area contributed by atoms with E-state index in [4.69, 9.17) is 0 Å². The van der Waals surface area contributed by atoms with Crippen molar-refractivity contribution in [2.75, 3.05) is 6.54 Å². The lowest BCUT2D eigenvalue weighted by Crippen LogP contribution is -2.45. The van der Waals surface area contributed by atoms with Gasteiger partial charge in [-0.15, -0.1) is 11.3 Å². The van der Waals surface area contributed by atoms with Crippen molar-refractivity contribution in [3.8, 4) is 5.69 Å². The van der Waals surface area contributed by atoms with E-state index < -0.39 is 17.9 Å². The maximum absolute atomic E-state index is 12.7. The minimum atomic E-state index is -4.49. The third kappa shape index (κ3) is 4.63. The molecule has 0 radical (unpaired) electrons. The highest BCUT2D eigenvalue weighted by molar-refractivity contribution is 7.12. The number of carbonyl (C=O) groups is 2. The molecule has 2 aromatic heterocycles.